The van der Waals surface area contributed by atoms with Gasteiger partial charge in [-0.3, -0.25) is 25.6 Å². The summed E-state index contributed by atoms with van der Waals surface area (Å²) < 4.78 is 9.93. The Morgan fingerprint density at radius 3 is 2.43 bits per heavy atom. The maximum absolute atomic E-state index is 13.5. The molecule has 2 aromatic heterocycles. The quantitative estimate of drug-likeness (QED) is 0.146. The van der Waals surface area contributed by atoms with Crippen molar-refractivity contribution in [1.82, 2.24) is 24.6 Å². The molecular formula is C36H44N8O2. The summed E-state index contributed by atoms with van der Waals surface area (Å²) in [6.07, 6.45) is 4.90. The summed E-state index contributed by atoms with van der Waals surface area (Å²) in [5.74, 6) is 1.62. The van der Waals surface area contributed by atoms with Gasteiger partial charge in [-0.25, -0.2) is 9.48 Å². The van der Waals surface area contributed by atoms with Crippen LogP contribution in [0, 0.1) is 17.7 Å². The number of anilines is 1. The molecule has 3 heterocycles. The number of benzene rings is 2. The normalized spacial score (nSPS) is 19.8. The number of likely N-dealkylation sites (N-methyl/N-ethyl adjacent to an activating group) is 1. The van der Waals surface area contributed by atoms with Crippen LogP contribution >= 0.6 is 0 Å². The average molecular weight is 621 g/mol. The molecule has 3 unspecified atom stereocenters. The minimum Gasteiger partial charge on any atom is -0.484 e. The molecule has 10 nitrogen and oxygen atoms in total. The fourth-order valence-corrected chi connectivity index (χ4v) is 6.38. The number of hydrogen-bond acceptors (Lipinski definition) is 6. The maximum Gasteiger partial charge on any atom is 0.320 e. The first-order valence-corrected chi connectivity index (χ1v) is 16.0. The summed E-state index contributed by atoms with van der Waals surface area (Å²) in [7, 11) is 2.03. The zero-order valence-corrected chi connectivity index (χ0v) is 27.3. The lowest BCUT2D eigenvalue weighted by atomic mass is 9.85. The summed E-state index contributed by atoms with van der Waals surface area (Å²) in [5.41, 5.74) is 5.03. The lowest BCUT2D eigenvalue weighted by molar-refractivity contribution is 0.171. The number of aromatic nitrogens is 3. The van der Waals surface area contributed by atoms with Crippen LogP contribution in [0.1, 0.15) is 81.0 Å². The monoisotopic (exact) mass is 620 g/mol. The number of urea groups is 1. The highest BCUT2D eigenvalue weighted by atomic mass is 16.5. The second kappa shape index (κ2) is 12.6. The molecule has 6 rings (SSSR count). The van der Waals surface area contributed by atoms with E-state index < -0.39 is 0 Å². The number of amides is 2. The Hall–Kier alpha value is -4.70. The minimum atomic E-state index is -0.296. The number of likely N-dealkylation sites (tertiary alicyclic amines) is 1. The van der Waals surface area contributed by atoms with Gasteiger partial charge in [-0.2, -0.15) is 5.10 Å². The molecule has 1 aliphatic heterocycles. The number of ether oxygens (including phenoxy) is 1. The van der Waals surface area contributed by atoms with Crippen LogP contribution in [0.2, 0.25) is 0 Å². The lowest BCUT2D eigenvalue weighted by Crippen LogP contribution is -2.40. The number of rotatable bonds is 6. The standard InChI is InChI=1S/C36H44N8O2/c1-23-12-14-24(15-13-23)44-33(21-31(41-44)36(2,3)4)40-35(45)39-28-17-18-30(27-10-7-6-9-26(27)28)46-25-16-19-32(37)43(22-25)34(38)29-11-8-20-42(29)5/h6-7,9-10,12-16,19,21-22,28-30,37-38H,8,11,17-18,20H2,1-5H3,(H2,39,40,45). The highest BCUT2D eigenvalue weighted by Gasteiger charge is 2.31. The van der Waals surface area contributed by atoms with Crippen LogP contribution in [0.25, 0.3) is 5.69 Å². The summed E-state index contributed by atoms with van der Waals surface area (Å²) in [4.78, 5) is 15.7. The van der Waals surface area contributed by atoms with E-state index in [0.717, 1.165) is 47.5 Å². The fraction of sp³-hybridized carbons (Fsp3) is 0.389. The molecule has 1 aliphatic carbocycles. The third-order valence-electron chi connectivity index (χ3n) is 9.03. The molecule has 2 aromatic carbocycles. The first-order chi connectivity index (χ1) is 22.0. The molecule has 0 saturated carbocycles. The average Bonchev–Trinajstić information content (AvgIpc) is 3.65. The Labute approximate surface area is 270 Å². The van der Waals surface area contributed by atoms with E-state index in [4.69, 9.17) is 20.7 Å². The molecule has 0 spiro atoms. The van der Waals surface area contributed by atoms with Crippen LogP contribution in [0.5, 0.6) is 5.75 Å². The van der Waals surface area contributed by atoms with Crippen LogP contribution < -0.4 is 20.9 Å². The third-order valence-corrected chi connectivity index (χ3v) is 9.03. The number of hydrogen-bond donors (Lipinski definition) is 4. The molecule has 1 saturated heterocycles. The molecule has 240 valence electrons. The van der Waals surface area contributed by atoms with Gasteiger partial charge in [0.1, 0.15) is 29.0 Å². The Morgan fingerprint density at radius 2 is 1.74 bits per heavy atom. The maximum atomic E-state index is 13.5. The van der Waals surface area contributed by atoms with Gasteiger partial charge >= 0.3 is 6.03 Å². The van der Waals surface area contributed by atoms with Crippen molar-refractivity contribution in [1.29, 1.82) is 10.8 Å². The van der Waals surface area contributed by atoms with Crippen LogP contribution in [0.4, 0.5) is 10.6 Å². The van der Waals surface area contributed by atoms with Gasteiger partial charge in [0.2, 0.25) is 0 Å². The van der Waals surface area contributed by atoms with E-state index in [9.17, 15) is 4.79 Å². The summed E-state index contributed by atoms with van der Waals surface area (Å²) >= 11 is 0. The number of nitrogens with zero attached hydrogens (tertiary/aromatic N) is 4. The molecule has 0 bridgehead atoms. The van der Waals surface area contributed by atoms with Crippen molar-refractivity contribution in [2.24, 2.45) is 0 Å². The molecule has 3 atom stereocenters. The SMILES string of the molecule is Cc1ccc(-n2nc(C(C)(C)C)cc2NC(=O)NC2CCC(Oc3ccc(=N)n(C(=N)C4CCCN4C)c3)c3ccccc32)cc1. The van der Waals surface area contributed by atoms with Gasteiger partial charge in [-0.05, 0) is 81.6 Å². The molecular weight excluding hydrogens is 576 g/mol. The van der Waals surface area contributed by atoms with Gasteiger partial charge in [0.15, 0.2) is 0 Å². The molecule has 2 amide bonds. The predicted molar refractivity (Wildman–Crippen MR) is 180 cm³/mol. The third kappa shape index (κ3) is 6.48. The zero-order chi connectivity index (χ0) is 32.6. The Bertz CT molecular complexity index is 1800. The number of nitrogens with one attached hydrogen (secondary N) is 4. The van der Waals surface area contributed by atoms with Gasteiger partial charge in [0, 0.05) is 11.5 Å². The Morgan fingerprint density at radius 1 is 1.00 bits per heavy atom. The molecule has 1 fully saturated rings. The number of carbonyl (C=O) groups excluding carboxylic acids is 1. The van der Waals surface area contributed by atoms with E-state index in [2.05, 4.69) is 42.4 Å². The summed E-state index contributed by atoms with van der Waals surface area (Å²) in [5, 5.41) is 28.3. The van der Waals surface area contributed by atoms with Crippen molar-refractivity contribution in [3.05, 3.63) is 101 Å². The fourth-order valence-electron chi connectivity index (χ4n) is 6.38. The van der Waals surface area contributed by atoms with Crippen LogP contribution in [-0.2, 0) is 5.41 Å². The van der Waals surface area contributed by atoms with E-state index in [1.54, 1.807) is 27.6 Å². The minimum absolute atomic E-state index is 0.00619. The van der Waals surface area contributed by atoms with E-state index in [1.807, 2.05) is 62.5 Å². The van der Waals surface area contributed by atoms with Crippen molar-refractivity contribution < 1.29 is 9.53 Å². The van der Waals surface area contributed by atoms with E-state index in [-0.39, 0.29) is 35.1 Å². The number of fused-ring (bicyclic) bond motifs is 1. The van der Waals surface area contributed by atoms with E-state index in [0.29, 0.717) is 30.2 Å². The molecule has 4 N–H and O–H groups in total. The number of pyridine rings is 1. The van der Waals surface area contributed by atoms with Gasteiger partial charge in [0.05, 0.1) is 29.7 Å². The van der Waals surface area contributed by atoms with Crippen LogP contribution in [0.15, 0.2) is 72.9 Å². The highest BCUT2D eigenvalue weighted by Crippen LogP contribution is 2.39. The van der Waals surface area contributed by atoms with E-state index in [1.165, 1.54) is 0 Å². The largest absolute Gasteiger partial charge is 0.484 e. The zero-order valence-electron chi connectivity index (χ0n) is 27.3. The van der Waals surface area contributed by atoms with Crippen molar-refractivity contribution in [3.8, 4) is 11.4 Å². The van der Waals surface area contributed by atoms with Crippen molar-refractivity contribution in [2.45, 2.75) is 77.0 Å². The predicted octanol–water partition coefficient (Wildman–Crippen LogP) is 6.46. The van der Waals surface area contributed by atoms with Crippen LogP contribution in [-0.4, -0.2) is 50.7 Å². The van der Waals surface area contributed by atoms with Crippen molar-refractivity contribution >= 4 is 17.7 Å². The topological polar surface area (TPSA) is 124 Å². The Kier molecular flexibility index (Phi) is 8.57. The van der Waals surface area contributed by atoms with Crippen molar-refractivity contribution in [2.75, 3.05) is 18.9 Å². The lowest BCUT2D eigenvalue weighted by Gasteiger charge is -2.32. The molecule has 46 heavy (non-hydrogen) atoms. The summed E-state index contributed by atoms with van der Waals surface area (Å²) in [6.45, 7) is 9.32. The first kappa shape index (κ1) is 31.3. The molecule has 4 aromatic rings. The molecule has 2 aliphatic rings. The van der Waals surface area contributed by atoms with E-state index >= 15 is 0 Å². The first-order valence-electron chi connectivity index (χ1n) is 16.0. The Balaban J connectivity index is 1.19. The second-order valence-corrected chi connectivity index (χ2v) is 13.5. The molecule has 0 radical (unpaired) electrons. The number of carbonyl (C=O) groups is 1. The van der Waals surface area contributed by atoms with Crippen LogP contribution in [0.3, 0.4) is 0 Å². The van der Waals surface area contributed by atoms with Gasteiger partial charge in [-0.1, -0.05) is 62.7 Å². The molecule has 10 heteroatoms. The smallest absolute Gasteiger partial charge is 0.320 e. The van der Waals surface area contributed by atoms with Gasteiger partial charge in [0.25, 0.3) is 0 Å². The van der Waals surface area contributed by atoms with Gasteiger partial charge in [-0.15, -0.1) is 0 Å². The van der Waals surface area contributed by atoms with Crippen molar-refractivity contribution in [3.63, 3.8) is 0 Å². The number of aryl methyl sites for hydroxylation is 1. The summed E-state index contributed by atoms with van der Waals surface area (Å²) in [6, 6.07) is 21.1. The second-order valence-electron chi connectivity index (χ2n) is 13.5. The highest BCUT2D eigenvalue weighted by molar-refractivity contribution is 5.89. The van der Waals surface area contributed by atoms with Gasteiger partial charge < -0.3 is 10.1 Å².